The third kappa shape index (κ3) is 2.78. The minimum Gasteiger partial charge on any atom is -0.351 e. The molecule has 0 aromatic carbocycles. The number of aromatic amines is 1. The molecule has 7 heteroatoms. The van der Waals surface area contributed by atoms with E-state index in [1.165, 1.54) is 18.7 Å². The molecule has 2 aliphatic carbocycles. The Hall–Kier alpha value is -1.89. The summed E-state index contributed by atoms with van der Waals surface area (Å²) in [4.78, 5) is 25.1. The lowest BCUT2D eigenvalue weighted by molar-refractivity contribution is -0.384. The highest BCUT2D eigenvalue weighted by Crippen LogP contribution is 2.39. The van der Waals surface area contributed by atoms with E-state index < -0.39 is 4.92 Å². The normalized spacial score (nSPS) is 31.7. The smallest absolute Gasteiger partial charge is 0.287 e. The van der Waals surface area contributed by atoms with Gasteiger partial charge < -0.3 is 16.0 Å². The third-order valence-corrected chi connectivity index (χ3v) is 4.80. The number of fused-ring (bicyclic) bond motifs is 2. The van der Waals surface area contributed by atoms with E-state index in [4.69, 9.17) is 5.73 Å². The molecule has 1 aromatic rings. The lowest BCUT2D eigenvalue weighted by atomic mass is 9.67. The van der Waals surface area contributed by atoms with E-state index in [0.29, 0.717) is 11.8 Å². The Bertz CT molecular complexity index is 542. The van der Waals surface area contributed by atoms with Crippen molar-refractivity contribution in [3.63, 3.8) is 0 Å². The molecule has 0 spiro atoms. The molecule has 2 unspecified atom stereocenters. The predicted octanol–water partition coefficient (Wildman–Crippen LogP) is 1.56. The van der Waals surface area contributed by atoms with Gasteiger partial charge in [0.2, 0.25) is 0 Å². The molecule has 1 amide bonds. The zero-order valence-electron chi connectivity index (χ0n) is 11.7. The molecular formula is C14H20N4O3. The second kappa shape index (κ2) is 5.48. The summed E-state index contributed by atoms with van der Waals surface area (Å²) in [7, 11) is 0. The first-order valence-electron chi connectivity index (χ1n) is 7.44. The second-order valence-corrected chi connectivity index (χ2v) is 6.21. The maximum atomic E-state index is 12.3. The highest BCUT2D eigenvalue weighted by Gasteiger charge is 2.40. The third-order valence-electron chi connectivity index (χ3n) is 4.80. The number of rotatable bonds is 3. The molecule has 0 radical (unpaired) electrons. The van der Waals surface area contributed by atoms with E-state index in [0.717, 1.165) is 25.7 Å². The first-order chi connectivity index (χ1) is 10.0. The SMILES string of the molecule is NC1CC2CCCC(C1)C2NC(=O)c1cc([N+](=O)[O-])c[nH]1. The number of nitrogens with zero attached hydrogens (tertiary/aromatic N) is 1. The van der Waals surface area contributed by atoms with Crippen LogP contribution in [0.15, 0.2) is 12.3 Å². The molecule has 2 aliphatic rings. The summed E-state index contributed by atoms with van der Waals surface area (Å²) >= 11 is 0. The van der Waals surface area contributed by atoms with Crippen LogP contribution in [-0.2, 0) is 0 Å². The maximum absolute atomic E-state index is 12.3. The molecule has 0 saturated heterocycles. The van der Waals surface area contributed by atoms with Gasteiger partial charge in [-0.25, -0.2) is 0 Å². The van der Waals surface area contributed by atoms with Crippen molar-refractivity contribution in [1.82, 2.24) is 10.3 Å². The average molecular weight is 292 g/mol. The van der Waals surface area contributed by atoms with E-state index in [9.17, 15) is 14.9 Å². The number of aromatic nitrogens is 1. The lowest BCUT2D eigenvalue weighted by Crippen LogP contribution is -2.53. The summed E-state index contributed by atoms with van der Waals surface area (Å²) in [6, 6.07) is 1.66. The van der Waals surface area contributed by atoms with Gasteiger partial charge in [-0.1, -0.05) is 6.42 Å². The maximum Gasteiger partial charge on any atom is 0.287 e. The highest BCUT2D eigenvalue weighted by molar-refractivity contribution is 5.93. The van der Waals surface area contributed by atoms with Gasteiger partial charge in [-0.15, -0.1) is 0 Å². The van der Waals surface area contributed by atoms with Crippen LogP contribution >= 0.6 is 0 Å². The van der Waals surface area contributed by atoms with Crippen LogP contribution in [-0.4, -0.2) is 27.9 Å². The van der Waals surface area contributed by atoms with Crippen LogP contribution in [0.3, 0.4) is 0 Å². The zero-order valence-corrected chi connectivity index (χ0v) is 11.7. The van der Waals surface area contributed by atoms with E-state index in [1.54, 1.807) is 0 Å². The van der Waals surface area contributed by atoms with Crippen LogP contribution in [0.25, 0.3) is 0 Å². The van der Waals surface area contributed by atoms with Crippen molar-refractivity contribution >= 4 is 11.6 Å². The van der Waals surface area contributed by atoms with E-state index in [2.05, 4.69) is 10.3 Å². The lowest BCUT2D eigenvalue weighted by Gasteiger charge is -2.45. The number of hydrogen-bond acceptors (Lipinski definition) is 4. The standard InChI is InChI=1S/C14H20N4O3/c15-10-4-8-2-1-3-9(5-10)13(8)17-14(19)12-6-11(7-16-12)18(20)21/h6-10,13,16H,1-5,15H2,(H,17,19). The fourth-order valence-electron chi connectivity index (χ4n) is 3.87. The Balaban J connectivity index is 1.70. The molecule has 21 heavy (non-hydrogen) atoms. The summed E-state index contributed by atoms with van der Waals surface area (Å²) in [5.74, 6) is 0.600. The fourth-order valence-corrected chi connectivity index (χ4v) is 3.87. The Labute approximate surface area is 122 Å². The number of carbonyl (C=O) groups is 1. The van der Waals surface area contributed by atoms with Gasteiger partial charge in [-0.3, -0.25) is 14.9 Å². The van der Waals surface area contributed by atoms with Gasteiger partial charge in [0, 0.05) is 18.2 Å². The molecular weight excluding hydrogens is 272 g/mol. The molecule has 7 nitrogen and oxygen atoms in total. The zero-order chi connectivity index (χ0) is 15.0. The summed E-state index contributed by atoms with van der Waals surface area (Å²) < 4.78 is 0. The quantitative estimate of drug-likeness (QED) is 0.579. The topological polar surface area (TPSA) is 114 Å². The van der Waals surface area contributed by atoms with Crippen LogP contribution in [0.1, 0.15) is 42.6 Å². The van der Waals surface area contributed by atoms with E-state index in [1.807, 2.05) is 0 Å². The Morgan fingerprint density at radius 2 is 2.05 bits per heavy atom. The molecule has 114 valence electrons. The molecule has 1 aromatic heterocycles. The van der Waals surface area contributed by atoms with Crippen molar-refractivity contribution in [1.29, 1.82) is 0 Å². The Morgan fingerprint density at radius 3 is 2.62 bits per heavy atom. The molecule has 2 saturated carbocycles. The summed E-state index contributed by atoms with van der Waals surface area (Å²) in [6.45, 7) is 0. The first-order valence-corrected chi connectivity index (χ1v) is 7.44. The van der Waals surface area contributed by atoms with Crippen LogP contribution in [0.4, 0.5) is 5.69 Å². The van der Waals surface area contributed by atoms with Gasteiger partial charge in [0.15, 0.2) is 0 Å². The molecule has 1 heterocycles. The van der Waals surface area contributed by atoms with E-state index in [-0.39, 0.29) is 29.4 Å². The van der Waals surface area contributed by atoms with E-state index >= 15 is 0 Å². The Morgan fingerprint density at radius 1 is 1.38 bits per heavy atom. The molecule has 2 fully saturated rings. The largest absolute Gasteiger partial charge is 0.351 e. The molecule has 0 aliphatic heterocycles. The van der Waals surface area contributed by atoms with Crippen molar-refractivity contribution in [3.8, 4) is 0 Å². The van der Waals surface area contributed by atoms with Crippen molar-refractivity contribution in [2.75, 3.05) is 0 Å². The van der Waals surface area contributed by atoms with Gasteiger partial charge >= 0.3 is 0 Å². The van der Waals surface area contributed by atoms with Gasteiger partial charge in [-0.05, 0) is 37.5 Å². The van der Waals surface area contributed by atoms with Crippen LogP contribution in [0, 0.1) is 22.0 Å². The summed E-state index contributed by atoms with van der Waals surface area (Å²) in [5, 5.41) is 13.7. The fraction of sp³-hybridized carbons (Fsp3) is 0.643. The number of nitrogens with one attached hydrogen (secondary N) is 2. The number of nitrogens with two attached hydrogens (primary N) is 1. The van der Waals surface area contributed by atoms with Crippen molar-refractivity contribution in [2.24, 2.45) is 17.6 Å². The molecule has 2 bridgehead atoms. The number of amides is 1. The molecule has 2 atom stereocenters. The minimum absolute atomic E-state index is 0.0917. The number of H-pyrrole nitrogens is 1. The summed E-state index contributed by atoms with van der Waals surface area (Å²) in [6.07, 6.45) is 6.54. The first kappa shape index (κ1) is 14.1. The van der Waals surface area contributed by atoms with Gasteiger partial charge in [0.05, 0.1) is 11.1 Å². The molecule has 3 rings (SSSR count). The van der Waals surface area contributed by atoms with Crippen LogP contribution in [0.2, 0.25) is 0 Å². The van der Waals surface area contributed by atoms with Gasteiger partial charge in [0.1, 0.15) is 5.69 Å². The van der Waals surface area contributed by atoms with Gasteiger partial charge in [0.25, 0.3) is 11.6 Å². The van der Waals surface area contributed by atoms with Gasteiger partial charge in [-0.2, -0.15) is 0 Å². The van der Waals surface area contributed by atoms with Crippen molar-refractivity contribution < 1.29 is 9.72 Å². The second-order valence-electron chi connectivity index (χ2n) is 6.21. The highest BCUT2D eigenvalue weighted by atomic mass is 16.6. The summed E-state index contributed by atoms with van der Waals surface area (Å²) in [5.41, 5.74) is 6.23. The average Bonchev–Trinajstić information content (AvgIpc) is 2.89. The van der Waals surface area contributed by atoms with Crippen LogP contribution in [0.5, 0.6) is 0 Å². The van der Waals surface area contributed by atoms with Crippen LogP contribution < -0.4 is 11.1 Å². The van der Waals surface area contributed by atoms with Crippen molar-refractivity contribution in [2.45, 2.75) is 44.2 Å². The predicted molar refractivity (Wildman–Crippen MR) is 76.7 cm³/mol. The minimum atomic E-state index is -0.512. The Kier molecular flexibility index (Phi) is 3.67. The number of carbonyl (C=O) groups excluding carboxylic acids is 1. The number of hydrogen-bond donors (Lipinski definition) is 3. The molecule has 4 N–H and O–H groups in total. The monoisotopic (exact) mass is 292 g/mol. The van der Waals surface area contributed by atoms with Crippen molar-refractivity contribution in [3.05, 3.63) is 28.1 Å². The number of nitro groups is 1.